The normalized spacial score (nSPS) is 30.7. The molecule has 3 heterocycles. The lowest BCUT2D eigenvalue weighted by Crippen LogP contribution is -2.55. The van der Waals surface area contributed by atoms with Crippen LogP contribution in [0.4, 0.5) is 10.2 Å². The van der Waals surface area contributed by atoms with E-state index in [1.54, 1.807) is 6.20 Å². The van der Waals surface area contributed by atoms with E-state index in [9.17, 15) is 9.18 Å². The number of aromatic nitrogens is 1. The lowest BCUT2D eigenvalue weighted by atomic mass is 9.74. The van der Waals surface area contributed by atoms with E-state index in [0.717, 1.165) is 55.1 Å². The van der Waals surface area contributed by atoms with Gasteiger partial charge in [0.25, 0.3) is 0 Å². The summed E-state index contributed by atoms with van der Waals surface area (Å²) < 4.78 is 19.8. The van der Waals surface area contributed by atoms with Gasteiger partial charge in [0.05, 0.1) is 36.7 Å². The maximum absolute atomic E-state index is 14.4. The van der Waals surface area contributed by atoms with E-state index in [2.05, 4.69) is 27.3 Å². The number of carbonyl (C=O) groups excluding carboxylic acids is 1. The number of nitrogens with zero attached hydrogens (tertiary/aromatic N) is 3. The highest BCUT2D eigenvalue weighted by Crippen LogP contribution is 2.39. The molecule has 0 radical (unpaired) electrons. The van der Waals surface area contributed by atoms with Gasteiger partial charge in [0.15, 0.2) is 0 Å². The topological polar surface area (TPSA) is 78.3 Å². The van der Waals surface area contributed by atoms with Crippen LogP contribution in [0.2, 0.25) is 5.02 Å². The molecule has 2 aliphatic heterocycles. The molecule has 1 saturated carbocycles. The van der Waals surface area contributed by atoms with E-state index in [1.165, 1.54) is 0 Å². The molecule has 1 aromatic heterocycles. The second kappa shape index (κ2) is 8.83. The lowest BCUT2D eigenvalue weighted by molar-refractivity contribution is -0.123. The Kier molecular flexibility index (Phi) is 6.02. The summed E-state index contributed by atoms with van der Waals surface area (Å²) in [6, 6.07) is 8.09. The summed E-state index contributed by atoms with van der Waals surface area (Å²) in [5.74, 6) is 0.181. The number of ether oxygens (including phenoxy) is 1. The lowest BCUT2D eigenvalue weighted by Gasteiger charge is -2.43. The number of rotatable bonds is 4. The van der Waals surface area contributed by atoms with Gasteiger partial charge in [-0.3, -0.25) is 9.69 Å². The summed E-state index contributed by atoms with van der Waals surface area (Å²) in [6.45, 7) is 4.18. The minimum Gasteiger partial charge on any atom is -0.376 e. The predicted octanol–water partition coefficient (Wildman–Crippen LogP) is 4.68. The highest BCUT2D eigenvalue weighted by molar-refractivity contribution is 6.32. The molecule has 174 valence electrons. The number of hydrogen-bond acceptors (Lipinski definition) is 5. The molecule has 4 atom stereocenters. The third-order valence-electron chi connectivity index (χ3n) is 7.86. The van der Waals surface area contributed by atoms with Gasteiger partial charge in [0.2, 0.25) is 5.91 Å². The fourth-order valence-corrected chi connectivity index (χ4v) is 5.71. The van der Waals surface area contributed by atoms with Crippen molar-refractivity contribution in [2.45, 2.75) is 50.2 Å². The highest BCUT2D eigenvalue weighted by Gasteiger charge is 2.46. The third-order valence-corrected chi connectivity index (χ3v) is 8.18. The molecule has 0 bridgehead atoms. The molecule has 5 rings (SSSR count). The van der Waals surface area contributed by atoms with Crippen molar-refractivity contribution in [2.24, 2.45) is 11.8 Å². The Hall–Kier alpha value is -2.27. The number of nitriles is 1. The Labute approximate surface area is 198 Å². The first-order chi connectivity index (χ1) is 15.9. The van der Waals surface area contributed by atoms with E-state index < -0.39 is 11.7 Å². The van der Waals surface area contributed by atoms with Crippen molar-refractivity contribution in [3.63, 3.8) is 0 Å². The molecular formula is C25H28ClFN4O2. The molecule has 3 aliphatic rings. The Morgan fingerprint density at radius 1 is 1.27 bits per heavy atom. The summed E-state index contributed by atoms with van der Waals surface area (Å²) in [5.41, 5.74) is 0.544. The molecule has 33 heavy (non-hydrogen) atoms. The standard InChI is InChI=1S/C25H28ClFN4O2/c1-25(14-33-13-22(25)27)31-6-4-15(5-7-31)20-8-17-10-23(29-12-18(17)9-21(20)26)30-24(32)19-3-2-16(19)11-28/h8-10,12,15-16,19,22H,2-7,13-14H2,1H3,(H,29,30,32)/t16-,19-,22-,25+/m0/s1. The zero-order chi connectivity index (χ0) is 23.2. The maximum atomic E-state index is 14.4. The van der Waals surface area contributed by atoms with E-state index in [4.69, 9.17) is 21.6 Å². The van der Waals surface area contributed by atoms with Crippen molar-refractivity contribution < 1.29 is 13.9 Å². The van der Waals surface area contributed by atoms with Crippen LogP contribution in [-0.2, 0) is 9.53 Å². The molecule has 3 fully saturated rings. The van der Waals surface area contributed by atoms with Crippen LogP contribution in [-0.4, -0.2) is 53.8 Å². The van der Waals surface area contributed by atoms with Gasteiger partial charge in [-0.05, 0) is 80.8 Å². The number of fused-ring (bicyclic) bond motifs is 1. The molecule has 1 N–H and O–H groups in total. The van der Waals surface area contributed by atoms with E-state index in [-0.39, 0.29) is 24.3 Å². The summed E-state index contributed by atoms with van der Waals surface area (Å²) in [4.78, 5) is 19.1. The molecule has 2 saturated heterocycles. The largest absolute Gasteiger partial charge is 0.376 e. The second-order valence-electron chi connectivity index (χ2n) is 9.80. The highest BCUT2D eigenvalue weighted by atomic mass is 35.5. The van der Waals surface area contributed by atoms with Gasteiger partial charge >= 0.3 is 0 Å². The van der Waals surface area contributed by atoms with Gasteiger partial charge in [0, 0.05) is 16.6 Å². The third kappa shape index (κ3) is 4.09. The van der Waals surface area contributed by atoms with Gasteiger partial charge in [0.1, 0.15) is 12.0 Å². The Balaban J connectivity index is 1.31. The van der Waals surface area contributed by atoms with Crippen LogP contribution in [0.25, 0.3) is 10.8 Å². The second-order valence-corrected chi connectivity index (χ2v) is 10.2. The molecule has 6 nitrogen and oxygen atoms in total. The Morgan fingerprint density at radius 3 is 2.70 bits per heavy atom. The van der Waals surface area contributed by atoms with Gasteiger partial charge in [-0.2, -0.15) is 5.26 Å². The fourth-order valence-electron chi connectivity index (χ4n) is 5.38. The van der Waals surface area contributed by atoms with Crippen LogP contribution in [0, 0.1) is 23.2 Å². The van der Waals surface area contributed by atoms with E-state index in [1.807, 2.05) is 19.1 Å². The first-order valence-corrected chi connectivity index (χ1v) is 12.0. The Bertz CT molecular complexity index is 1110. The summed E-state index contributed by atoms with van der Waals surface area (Å²) >= 11 is 6.65. The van der Waals surface area contributed by atoms with Crippen LogP contribution in [0.15, 0.2) is 24.4 Å². The zero-order valence-electron chi connectivity index (χ0n) is 18.7. The minimum atomic E-state index is -0.956. The number of halogens is 2. The van der Waals surface area contributed by atoms with E-state index in [0.29, 0.717) is 23.4 Å². The van der Waals surface area contributed by atoms with Crippen LogP contribution in [0.1, 0.15) is 44.1 Å². The molecule has 1 aliphatic carbocycles. The Morgan fingerprint density at radius 2 is 2.06 bits per heavy atom. The molecule has 1 aromatic carbocycles. The monoisotopic (exact) mass is 470 g/mol. The van der Waals surface area contributed by atoms with Crippen molar-refractivity contribution in [2.75, 3.05) is 31.6 Å². The molecular weight excluding hydrogens is 443 g/mol. The predicted molar refractivity (Wildman–Crippen MR) is 125 cm³/mol. The quantitative estimate of drug-likeness (QED) is 0.701. The minimum absolute atomic E-state index is 0.142. The number of hydrogen-bond donors (Lipinski definition) is 1. The van der Waals surface area contributed by atoms with Gasteiger partial charge < -0.3 is 10.1 Å². The molecule has 2 aromatic rings. The van der Waals surface area contributed by atoms with Gasteiger partial charge in [-0.25, -0.2) is 9.37 Å². The average Bonchev–Trinajstić information content (AvgIpc) is 3.12. The number of anilines is 1. The number of likely N-dealkylation sites (tertiary alicyclic amines) is 1. The zero-order valence-corrected chi connectivity index (χ0v) is 19.4. The maximum Gasteiger partial charge on any atom is 0.229 e. The number of pyridine rings is 1. The van der Waals surface area contributed by atoms with Crippen LogP contribution >= 0.6 is 11.6 Å². The van der Waals surface area contributed by atoms with Crippen molar-refractivity contribution in [1.29, 1.82) is 5.26 Å². The van der Waals surface area contributed by atoms with Crippen molar-refractivity contribution in [3.8, 4) is 6.07 Å². The number of amides is 1. The first kappa shape index (κ1) is 22.5. The van der Waals surface area contributed by atoms with Crippen molar-refractivity contribution in [3.05, 3.63) is 35.0 Å². The fraction of sp³-hybridized carbons (Fsp3) is 0.560. The van der Waals surface area contributed by atoms with Crippen molar-refractivity contribution in [1.82, 2.24) is 9.88 Å². The molecule has 8 heteroatoms. The van der Waals surface area contributed by atoms with E-state index >= 15 is 0 Å². The number of nitrogens with one attached hydrogen (secondary N) is 1. The number of alkyl halides is 1. The number of carbonyl (C=O) groups is 1. The first-order valence-electron chi connectivity index (χ1n) is 11.7. The van der Waals surface area contributed by atoms with Crippen LogP contribution < -0.4 is 5.32 Å². The summed E-state index contributed by atoms with van der Waals surface area (Å²) in [5, 5.41) is 14.6. The molecule has 0 unspecified atom stereocenters. The van der Waals surface area contributed by atoms with Gasteiger partial charge in [-0.1, -0.05) is 11.6 Å². The molecule has 1 amide bonds. The number of piperidine rings is 1. The van der Waals surface area contributed by atoms with Crippen LogP contribution in [0.5, 0.6) is 0 Å². The summed E-state index contributed by atoms with van der Waals surface area (Å²) in [6.07, 6.45) is 4.08. The average molecular weight is 471 g/mol. The SMILES string of the molecule is C[C@@]1(N2CCC(c3cc4cc(NC(=O)[C@H]5CC[C@H]5C#N)ncc4cc3Cl)CC2)COC[C@@H]1F. The number of benzene rings is 1. The van der Waals surface area contributed by atoms with Gasteiger partial charge in [-0.15, -0.1) is 0 Å². The summed E-state index contributed by atoms with van der Waals surface area (Å²) in [7, 11) is 0. The van der Waals surface area contributed by atoms with Crippen molar-refractivity contribution >= 4 is 34.1 Å². The van der Waals surface area contributed by atoms with Crippen LogP contribution in [0.3, 0.4) is 0 Å². The molecule has 0 spiro atoms. The smallest absolute Gasteiger partial charge is 0.229 e.